The molecule has 0 aliphatic carbocycles. The zero-order valence-electron chi connectivity index (χ0n) is 9.40. The first-order valence-corrected chi connectivity index (χ1v) is 6.03. The third kappa shape index (κ3) is 3.40. The van der Waals surface area contributed by atoms with E-state index >= 15 is 0 Å². The predicted molar refractivity (Wildman–Crippen MR) is 66.3 cm³/mol. The first kappa shape index (κ1) is 11.8. The molecule has 0 saturated heterocycles. The third-order valence-electron chi connectivity index (χ3n) is 2.18. The Morgan fingerprint density at radius 3 is 3.06 bits per heavy atom. The lowest BCUT2D eigenvalue weighted by Crippen LogP contribution is -2.14. The van der Waals surface area contributed by atoms with Crippen molar-refractivity contribution in [3.8, 4) is 5.88 Å². The van der Waals surface area contributed by atoms with Gasteiger partial charge >= 0.3 is 4.87 Å². The number of aromatic amines is 1. The highest BCUT2D eigenvalue weighted by Gasteiger charge is 1.99. The second kappa shape index (κ2) is 5.60. The van der Waals surface area contributed by atoms with Crippen LogP contribution in [0.4, 0.5) is 0 Å². The van der Waals surface area contributed by atoms with Crippen LogP contribution < -0.4 is 14.9 Å². The second-order valence-corrected chi connectivity index (χ2v) is 4.29. The molecule has 2 aromatic rings. The monoisotopic (exact) mass is 251 g/mol. The summed E-state index contributed by atoms with van der Waals surface area (Å²) < 4.78 is 5.04. The highest BCUT2D eigenvalue weighted by Crippen LogP contribution is 2.06. The summed E-state index contributed by atoms with van der Waals surface area (Å²) in [4.78, 5) is 17.9. The number of nitrogens with zero attached hydrogens (tertiary/aromatic N) is 1. The Kier molecular flexibility index (Phi) is 3.89. The Labute approximate surface area is 102 Å². The van der Waals surface area contributed by atoms with Crippen LogP contribution in [0.25, 0.3) is 0 Å². The number of thiazole rings is 1. The van der Waals surface area contributed by atoms with Gasteiger partial charge in [-0.3, -0.25) is 4.79 Å². The van der Waals surface area contributed by atoms with E-state index in [1.165, 1.54) is 11.3 Å². The molecule has 0 aliphatic rings. The molecule has 5 nitrogen and oxygen atoms in total. The van der Waals surface area contributed by atoms with E-state index < -0.39 is 0 Å². The molecule has 0 spiro atoms. The molecule has 0 amide bonds. The summed E-state index contributed by atoms with van der Waals surface area (Å²) in [5.41, 5.74) is 1.80. The minimum Gasteiger partial charge on any atom is -0.481 e. The minimum absolute atomic E-state index is 0.0266. The van der Waals surface area contributed by atoms with Gasteiger partial charge in [0, 0.05) is 30.2 Å². The van der Waals surface area contributed by atoms with Gasteiger partial charge in [0.1, 0.15) is 0 Å². The fourth-order valence-corrected chi connectivity index (χ4v) is 1.98. The van der Waals surface area contributed by atoms with Crippen LogP contribution in [0.15, 0.2) is 28.4 Å². The Hall–Kier alpha value is -1.66. The van der Waals surface area contributed by atoms with E-state index in [9.17, 15) is 4.79 Å². The average molecular weight is 251 g/mol. The zero-order chi connectivity index (χ0) is 12.1. The molecule has 0 bridgehead atoms. The molecule has 0 aliphatic heterocycles. The van der Waals surface area contributed by atoms with E-state index in [1.54, 1.807) is 13.2 Å². The van der Waals surface area contributed by atoms with Gasteiger partial charge in [0.15, 0.2) is 0 Å². The lowest BCUT2D eigenvalue weighted by molar-refractivity contribution is 0.395. The number of methoxy groups -OCH3 is 1. The molecule has 90 valence electrons. The normalized spacial score (nSPS) is 10.4. The largest absolute Gasteiger partial charge is 0.481 e. The summed E-state index contributed by atoms with van der Waals surface area (Å²) in [5, 5.41) is 5.01. The van der Waals surface area contributed by atoms with E-state index in [4.69, 9.17) is 4.74 Å². The smallest absolute Gasteiger partial charge is 0.304 e. The van der Waals surface area contributed by atoms with Crippen LogP contribution in [0.1, 0.15) is 11.4 Å². The highest BCUT2D eigenvalue weighted by atomic mass is 32.1. The summed E-state index contributed by atoms with van der Waals surface area (Å²) in [6.45, 7) is 1.26. The van der Waals surface area contributed by atoms with Crippen molar-refractivity contribution in [2.75, 3.05) is 7.11 Å². The lowest BCUT2D eigenvalue weighted by Gasteiger charge is -2.04. The van der Waals surface area contributed by atoms with Gasteiger partial charge in [0.2, 0.25) is 5.88 Å². The average Bonchev–Trinajstić information content (AvgIpc) is 2.75. The van der Waals surface area contributed by atoms with Crippen LogP contribution in [0.3, 0.4) is 0 Å². The van der Waals surface area contributed by atoms with Crippen molar-refractivity contribution >= 4 is 11.3 Å². The molecule has 2 aromatic heterocycles. The van der Waals surface area contributed by atoms with Crippen LogP contribution in [-0.2, 0) is 13.1 Å². The Morgan fingerprint density at radius 2 is 2.35 bits per heavy atom. The molecule has 0 atom stereocenters. The molecule has 0 radical (unpaired) electrons. The van der Waals surface area contributed by atoms with E-state index in [-0.39, 0.29) is 4.87 Å². The second-order valence-electron chi connectivity index (χ2n) is 3.45. The fraction of sp³-hybridized carbons (Fsp3) is 0.273. The van der Waals surface area contributed by atoms with Crippen LogP contribution >= 0.6 is 11.3 Å². The van der Waals surface area contributed by atoms with E-state index in [0.29, 0.717) is 19.0 Å². The molecule has 0 fully saturated rings. The van der Waals surface area contributed by atoms with Gasteiger partial charge in [-0.15, -0.1) is 0 Å². The summed E-state index contributed by atoms with van der Waals surface area (Å²) in [6, 6.07) is 5.63. The van der Waals surface area contributed by atoms with Crippen molar-refractivity contribution in [2.24, 2.45) is 0 Å². The molecular formula is C11H13N3O2S. The fourth-order valence-electron chi connectivity index (χ4n) is 1.40. The zero-order valence-corrected chi connectivity index (χ0v) is 10.2. The van der Waals surface area contributed by atoms with Crippen LogP contribution in [0.2, 0.25) is 0 Å². The molecule has 0 unspecified atom stereocenters. The molecule has 0 saturated carbocycles. The number of ether oxygens (including phenoxy) is 1. The van der Waals surface area contributed by atoms with Crippen molar-refractivity contribution in [2.45, 2.75) is 13.1 Å². The molecule has 17 heavy (non-hydrogen) atoms. The van der Waals surface area contributed by atoms with Gasteiger partial charge < -0.3 is 15.0 Å². The molecule has 2 N–H and O–H groups in total. The van der Waals surface area contributed by atoms with E-state index in [2.05, 4.69) is 15.3 Å². The molecule has 2 rings (SSSR count). The number of rotatable bonds is 5. The van der Waals surface area contributed by atoms with Crippen molar-refractivity contribution in [1.82, 2.24) is 15.3 Å². The Morgan fingerprint density at radius 1 is 1.47 bits per heavy atom. The summed E-state index contributed by atoms with van der Waals surface area (Å²) >= 11 is 1.17. The number of hydrogen-bond acceptors (Lipinski definition) is 5. The van der Waals surface area contributed by atoms with E-state index in [1.807, 2.05) is 17.5 Å². The maximum Gasteiger partial charge on any atom is 0.304 e. The van der Waals surface area contributed by atoms with Gasteiger partial charge in [-0.25, -0.2) is 4.98 Å². The molecular weight excluding hydrogens is 238 g/mol. The van der Waals surface area contributed by atoms with Crippen molar-refractivity contribution in [1.29, 1.82) is 0 Å². The first-order valence-electron chi connectivity index (χ1n) is 5.15. The summed E-state index contributed by atoms with van der Waals surface area (Å²) in [7, 11) is 1.59. The summed E-state index contributed by atoms with van der Waals surface area (Å²) in [5.74, 6) is 0.605. The van der Waals surface area contributed by atoms with Crippen molar-refractivity contribution < 1.29 is 4.74 Å². The number of hydrogen-bond donors (Lipinski definition) is 2. The van der Waals surface area contributed by atoms with Crippen molar-refractivity contribution in [3.05, 3.63) is 44.6 Å². The Bertz CT molecular complexity index is 535. The van der Waals surface area contributed by atoms with Crippen molar-refractivity contribution in [3.63, 3.8) is 0 Å². The maximum atomic E-state index is 10.9. The van der Waals surface area contributed by atoms with Gasteiger partial charge in [-0.05, 0) is 6.07 Å². The Balaban J connectivity index is 1.87. The number of aromatic nitrogens is 2. The molecule has 0 aromatic carbocycles. The quantitative estimate of drug-likeness (QED) is 0.836. The van der Waals surface area contributed by atoms with Crippen LogP contribution in [0.5, 0.6) is 5.88 Å². The first-order chi connectivity index (χ1) is 8.28. The third-order valence-corrected chi connectivity index (χ3v) is 2.90. The standard InChI is InChI=1S/C11H13N3O2S/c1-16-10-4-2-3-8(13-10)5-12-6-9-7-17-11(15)14-9/h2-4,7,12H,5-6H2,1H3,(H,14,15). The number of pyridine rings is 1. The summed E-state index contributed by atoms with van der Waals surface area (Å²) in [6.07, 6.45) is 0. The highest BCUT2D eigenvalue weighted by molar-refractivity contribution is 7.07. The minimum atomic E-state index is -0.0266. The molecule has 6 heteroatoms. The number of H-pyrrole nitrogens is 1. The van der Waals surface area contributed by atoms with Gasteiger partial charge in [-0.2, -0.15) is 0 Å². The number of nitrogens with one attached hydrogen (secondary N) is 2. The SMILES string of the molecule is COc1cccc(CNCc2csc(=O)[nH]2)n1. The van der Waals surface area contributed by atoms with Crippen LogP contribution in [-0.4, -0.2) is 17.1 Å². The van der Waals surface area contributed by atoms with Gasteiger partial charge in [0.05, 0.1) is 12.8 Å². The van der Waals surface area contributed by atoms with Gasteiger partial charge in [0.25, 0.3) is 0 Å². The maximum absolute atomic E-state index is 10.9. The predicted octanol–water partition coefficient (Wildman–Crippen LogP) is 1.13. The van der Waals surface area contributed by atoms with Gasteiger partial charge in [-0.1, -0.05) is 17.4 Å². The lowest BCUT2D eigenvalue weighted by atomic mass is 10.3. The molecule has 2 heterocycles. The van der Waals surface area contributed by atoms with Crippen LogP contribution in [0, 0.1) is 0 Å². The topological polar surface area (TPSA) is 67.0 Å². The van der Waals surface area contributed by atoms with E-state index in [0.717, 1.165) is 11.4 Å².